The molecule has 0 saturated carbocycles. The molecular weight excluding hydrogens is 351 g/mol. The Labute approximate surface area is 149 Å². The zero-order valence-corrected chi connectivity index (χ0v) is 14.3. The van der Waals surface area contributed by atoms with Crippen LogP contribution in [0.5, 0.6) is 0 Å². The molecule has 3 amide bonds. The largest absolute Gasteiger partial charge is 0.370 e. The van der Waals surface area contributed by atoms with Gasteiger partial charge in [-0.25, -0.2) is 4.39 Å². The van der Waals surface area contributed by atoms with Crippen LogP contribution in [-0.4, -0.2) is 48.3 Å². The molecule has 0 bridgehead atoms. The number of halogens is 2. The van der Waals surface area contributed by atoms with Crippen molar-refractivity contribution in [3.05, 3.63) is 34.6 Å². The van der Waals surface area contributed by atoms with Gasteiger partial charge in [0, 0.05) is 32.6 Å². The molecule has 1 saturated heterocycles. The van der Waals surface area contributed by atoms with E-state index in [9.17, 15) is 18.8 Å². The molecule has 136 valence electrons. The Morgan fingerprint density at radius 3 is 2.88 bits per heavy atom. The minimum Gasteiger partial charge on any atom is -0.370 e. The topological polar surface area (TPSA) is 105 Å². The van der Waals surface area contributed by atoms with Crippen molar-refractivity contribution in [3.8, 4) is 0 Å². The van der Waals surface area contributed by atoms with Gasteiger partial charge in [-0.2, -0.15) is 0 Å². The van der Waals surface area contributed by atoms with Crippen LogP contribution in [0.2, 0.25) is 5.02 Å². The standard InChI is InChI=1S/C16H20ClFN4O3/c17-11-2-1-10(7-12(11)18)9-22-6-5-21-16(25)13(22)8-15(24)20-4-3-14(19)23/h1-2,7,13H,3-6,8-9H2,(H2,19,23)(H,20,24)(H,21,25)/t13-/m0/s1. The minimum atomic E-state index is -0.666. The molecular formula is C16H20ClFN4O3. The fourth-order valence-electron chi connectivity index (χ4n) is 2.62. The molecule has 9 heteroatoms. The fourth-order valence-corrected chi connectivity index (χ4v) is 2.74. The van der Waals surface area contributed by atoms with Crippen molar-refractivity contribution in [2.45, 2.75) is 25.4 Å². The molecule has 0 aliphatic carbocycles. The summed E-state index contributed by atoms with van der Waals surface area (Å²) in [6.45, 7) is 1.44. The average Bonchev–Trinajstić information content (AvgIpc) is 2.54. The molecule has 0 unspecified atom stereocenters. The van der Waals surface area contributed by atoms with Gasteiger partial charge in [0.05, 0.1) is 17.5 Å². The van der Waals surface area contributed by atoms with Gasteiger partial charge in [-0.3, -0.25) is 19.3 Å². The van der Waals surface area contributed by atoms with Crippen LogP contribution in [0, 0.1) is 5.82 Å². The minimum absolute atomic E-state index is 0.0329. The van der Waals surface area contributed by atoms with E-state index in [0.29, 0.717) is 25.2 Å². The highest BCUT2D eigenvalue weighted by atomic mass is 35.5. The molecule has 1 aromatic rings. The maximum atomic E-state index is 13.6. The molecule has 1 fully saturated rings. The molecule has 1 atom stereocenters. The summed E-state index contributed by atoms with van der Waals surface area (Å²) in [5.41, 5.74) is 5.68. The highest BCUT2D eigenvalue weighted by molar-refractivity contribution is 6.30. The molecule has 7 nitrogen and oxygen atoms in total. The summed E-state index contributed by atoms with van der Waals surface area (Å²) in [5.74, 6) is -1.65. The van der Waals surface area contributed by atoms with Crippen LogP contribution in [-0.2, 0) is 20.9 Å². The van der Waals surface area contributed by atoms with Crippen LogP contribution < -0.4 is 16.4 Å². The summed E-state index contributed by atoms with van der Waals surface area (Å²) >= 11 is 5.68. The smallest absolute Gasteiger partial charge is 0.237 e. The van der Waals surface area contributed by atoms with E-state index in [0.717, 1.165) is 0 Å². The van der Waals surface area contributed by atoms with E-state index in [1.165, 1.54) is 12.1 Å². The van der Waals surface area contributed by atoms with Gasteiger partial charge >= 0.3 is 0 Å². The first-order chi connectivity index (χ1) is 11.9. The van der Waals surface area contributed by atoms with E-state index >= 15 is 0 Å². The van der Waals surface area contributed by atoms with E-state index in [2.05, 4.69) is 10.6 Å². The number of carbonyl (C=O) groups excluding carboxylic acids is 3. The first kappa shape index (κ1) is 19.1. The van der Waals surface area contributed by atoms with E-state index in [-0.39, 0.29) is 36.2 Å². The third-order valence-electron chi connectivity index (χ3n) is 3.88. The quantitative estimate of drug-likeness (QED) is 0.636. The summed E-state index contributed by atoms with van der Waals surface area (Å²) < 4.78 is 13.6. The van der Waals surface area contributed by atoms with E-state index < -0.39 is 17.8 Å². The second-order valence-corrected chi connectivity index (χ2v) is 6.20. The average molecular weight is 371 g/mol. The summed E-state index contributed by atoms with van der Waals surface area (Å²) in [7, 11) is 0. The van der Waals surface area contributed by atoms with Gasteiger partial charge in [0.25, 0.3) is 0 Å². The first-order valence-corrected chi connectivity index (χ1v) is 8.25. The summed E-state index contributed by atoms with van der Waals surface area (Å²) in [4.78, 5) is 36.6. The molecule has 25 heavy (non-hydrogen) atoms. The molecule has 0 spiro atoms. The van der Waals surface area contributed by atoms with Crippen molar-refractivity contribution >= 4 is 29.3 Å². The normalized spacial score (nSPS) is 17.8. The number of hydrogen-bond donors (Lipinski definition) is 3. The number of carbonyl (C=O) groups is 3. The Kier molecular flexibility index (Phi) is 6.72. The van der Waals surface area contributed by atoms with Crippen molar-refractivity contribution in [2.75, 3.05) is 19.6 Å². The van der Waals surface area contributed by atoms with Gasteiger partial charge in [-0.1, -0.05) is 17.7 Å². The van der Waals surface area contributed by atoms with E-state index in [1.807, 2.05) is 4.90 Å². The number of hydrogen-bond acceptors (Lipinski definition) is 4. The summed E-state index contributed by atoms with van der Waals surface area (Å²) in [5, 5.41) is 5.31. The lowest BCUT2D eigenvalue weighted by atomic mass is 10.1. The Balaban J connectivity index is 1.99. The molecule has 1 aromatic carbocycles. The molecule has 1 aliphatic heterocycles. The van der Waals surface area contributed by atoms with Crippen LogP contribution in [0.1, 0.15) is 18.4 Å². The lowest BCUT2D eigenvalue weighted by molar-refractivity contribution is -0.134. The van der Waals surface area contributed by atoms with Crippen LogP contribution >= 0.6 is 11.6 Å². The lowest BCUT2D eigenvalue weighted by Crippen LogP contribution is -2.56. The number of primary amides is 1. The first-order valence-electron chi connectivity index (χ1n) is 7.87. The number of nitrogens with one attached hydrogen (secondary N) is 2. The number of piperazine rings is 1. The maximum Gasteiger partial charge on any atom is 0.237 e. The van der Waals surface area contributed by atoms with Gasteiger partial charge in [0.15, 0.2) is 0 Å². The number of amides is 3. The highest BCUT2D eigenvalue weighted by Gasteiger charge is 2.31. The molecule has 4 N–H and O–H groups in total. The van der Waals surface area contributed by atoms with Crippen molar-refractivity contribution in [3.63, 3.8) is 0 Å². The van der Waals surface area contributed by atoms with Crippen molar-refractivity contribution in [1.29, 1.82) is 0 Å². The highest BCUT2D eigenvalue weighted by Crippen LogP contribution is 2.19. The Morgan fingerprint density at radius 1 is 1.44 bits per heavy atom. The summed E-state index contributed by atoms with van der Waals surface area (Å²) in [6, 6.07) is 3.80. The van der Waals surface area contributed by atoms with Gasteiger partial charge in [0.1, 0.15) is 5.82 Å². The SMILES string of the molecule is NC(=O)CCNC(=O)C[C@H]1C(=O)NCCN1Cc1ccc(Cl)c(F)c1. The number of benzene rings is 1. The van der Waals surface area contributed by atoms with Crippen LogP contribution in [0.4, 0.5) is 4.39 Å². The predicted octanol–water partition coefficient (Wildman–Crippen LogP) is 0.161. The number of nitrogens with zero attached hydrogens (tertiary/aromatic N) is 1. The van der Waals surface area contributed by atoms with Crippen LogP contribution in [0.15, 0.2) is 18.2 Å². The molecule has 0 radical (unpaired) electrons. The lowest BCUT2D eigenvalue weighted by Gasteiger charge is -2.34. The van der Waals surface area contributed by atoms with Crippen molar-refractivity contribution in [1.82, 2.24) is 15.5 Å². The Hall–Kier alpha value is -2.19. The van der Waals surface area contributed by atoms with Crippen LogP contribution in [0.3, 0.4) is 0 Å². The molecule has 1 aliphatic rings. The third-order valence-corrected chi connectivity index (χ3v) is 4.19. The van der Waals surface area contributed by atoms with Crippen molar-refractivity contribution < 1.29 is 18.8 Å². The monoisotopic (exact) mass is 370 g/mol. The van der Waals surface area contributed by atoms with Crippen molar-refractivity contribution in [2.24, 2.45) is 5.73 Å². The number of rotatable bonds is 7. The molecule has 0 aromatic heterocycles. The van der Waals surface area contributed by atoms with Gasteiger partial charge in [-0.15, -0.1) is 0 Å². The third kappa shape index (κ3) is 5.68. The second-order valence-electron chi connectivity index (χ2n) is 5.80. The number of nitrogens with two attached hydrogens (primary N) is 1. The van der Waals surface area contributed by atoms with Gasteiger partial charge in [0.2, 0.25) is 17.7 Å². The predicted molar refractivity (Wildman–Crippen MR) is 90.1 cm³/mol. The Bertz CT molecular complexity index is 671. The maximum absolute atomic E-state index is 13.6. The fraction of sp³-hybridized carbons (Fsp3) is 0.438. The van der Waals surface area contributed by atoms with Gasteiger partial charge in [-0.05, 0) is 17.7 Å². The summed E-state index contributed by atoms with van der Waals surface area (Å²) in [6.07, 6.45) is -0.0168. The molecule has 1 heterocycles. The van der Waals surface area contributed by atoms with Crippen LogP contribution in [0.25, 0.3) is 0 Å². The zero-order valence-electron chi connectivity index (χ0n) is 13.6. The van der Waals surface area contributed by atoms with E-state index in [4.69, 9.17) is 17.3 Å². The van der Waals surface area contributed by atoms with Gasteiger partial charge < -0.3 is 16.4 Å². The van der Waals surface area contributed by atoms with E-state index in [1.54, 1.807) is 6.07 Å². The molecule has 2 rings (SSSR count). The second kappa shape index (κ2) is 8.77. The zero-order chi connectivity index (χ0) is 18.4. The Morgan fingerprint density at radius 2 is 2.20 bits per heavy atom.